The first-order valence-electron chi connectivity index (χ1n) is 5.22. The molecule has 1 N–H and O–H groups in total. The van der Waals surface area contributed by atoms with Crippen LogP contribution in [0.3, 0.4) is 0 Å². The van der Waals surface area contributed by atoms with E-state index in [-0.39, 0.29) is 13.2 Å². The highest BCUT2D eigenvalue weighted by Crippen LogP contribution is 2.21. The molecular formula is C9H14F3N3OS. The van der Waals surface area contributed by atoms with E-state index < -0.39 is 12.6 Å². The maximum Gasteiger partial charge on any atom is 0.391 e. The van der Waals surface area contributed by atoms with Gasteiger partial charge in [-0.05, 0) is 6.42 Å². The Kier molecular flexibility index (Phi) is 5.63. The molecule has 0 saturated heterocycles. The lowest BCUT2D eigenvalue weighted by atomic mass is 10.4. The maximum absolute atomic E-state index is 11.8. The van der Waals surface area contributed by atoms with Crippen molar-refractivity contribution in [1.82, 2.24) is 9.59 Å². The summed E-state index contributed by atoms with van der Waals surface area (Å²) in [4.78, 5) is 0. The zero-order valence-electron chi connectivity index (χ0n) is 9.38. The molecular weight excluding hydrogens is 255 g/mol. The van der Waals surface area contributed by atoms with Crippen LogP contribution < -0.4 is 5.32 Å². The van der Waals surface area contributed by atoms with E-state index in [2.05, 4.69) is 14.9 Å². The lowest BCUT2D eigenvalue weighted by Crippen LogP contribution is -2.12. The highest BCUT2D eigenvalue weighted by Gasteiger charge is 2.26. The van der Waals surface area contributed by atoms with Gasteiger partial charge in [0.05, 0.1) is 19.6 Å². The molecule has 1 aromatic rings. The van der Waals surface area contributed by atoms with Gasteiger partial charge < -0.3 is 10.1 Å². The summed E-state index contributed by atoms with van der Waals surface area (Å²) < 4.78 is 44.2. The number of aromatic nitrogens is 2. The lowest BCUT2D eigenvalue weighted by molar-refractivity contribution is -0.146. The zero-order chi connectivity index (χ0) is 12.7. The van der Waals surface area contributed by atoms with Crippen LogP contribution in [0.4, 0.5) is 18.2 Å². The van der Waals surface area contributed by atoms with Crippen LogP contribution in [-0.2, 0) is 11.3 Å². The topological polar surface area (TPSA) is 47.0 Å². The van der Waals surface area contributed by atoms with Gasteiger partial charge in [-0.1, -0.05) is 11.4 Å². The summed E-state index contributed by atoms with van der Waals surface area (Å²) in [5, 5.41) is 7.66. The number of anilines is 1. The number of hydrogen-bond acceptors (Lipinski definition) is 5. The molecule has 4 nitrogen and oxygen atoms in total. The van der Waals surface area contributed by atoms with Gasteiger partial charge in [0.25, 0.3) is 0 Å². The second-order valence-corrected chi connectivity index (χ2v) is 4.15. The number of halogens is 3. The third kappa shape index (κ3) is 5.83. The van der Waals surface area contributed by atoms with Crippen molar-refractivity contribution in [1.29, 1.82) is 0 Å². The molecule has 0 saturated carbocycles. The normalized spacial score (nSPS) is 11.8. The quantitative estimate of drug-likeness (QED) is 0.773. The molecule has 98 valence electrons. The monoisotopic (exact) mass is 269 g/mol. The largest absolute Gasteiger partial charge is 0.391 e. The van der Waals surface area contributed by atoms with E-state index in [0.29, 0.717) is 5.69 Å². The molecule has 0 spiro atoms. The van der Waals surface area contributed by atoms with E-state index in [9.17, 15) is 13.2 Å². The van der Waals surface area contributed by atoms with Crippen molar-refractivity contribution in [2.75, 3.05) is 18.5 Å². The molecule has 17 heavy (non-hydrogen) atoms. The number of nitrogens with zero attached hydrogens (tertiary/aromatic N) is 2. The van der Waals surface area contributed by atoms with Crippen LogP contribution >= 0.6 is 11.5 Å². The van der Waals surface area contributed by atoms with Gasteiger partial charge in [0.2, 0.25) is 0 Å². The van der Waals surface area contributed by atoms with Crippen molar-refractivity contribution in [3.8, 4) is 0 Å². The fraction of sp³-hybridized carbons (Fsp3) is 0.778. The minimum atomic E-state index is -4.18. The van der Waals surface area contributed by atoms with Gasteiger partial charge in [-0.3, -0.25) is 0 Å². The Hall–Kier alpha value is -0.890. The molecule has 1 rings (SSSR count). The minimum Gasteiger partial charge on any atom is -0.375 e. The van der Waals surface area contributed by atoms with E-state index >= 15 is 0 Å². The molecule has 8 heteroatoms. The van der Waals surface area contributed by atoms with Crippen molar-refractivity contribution >= 4 is 16.5 Å². The van der Waals surface area contributed by atoms with Crippen LogP contribution in [-0.4, -0.2) is 28.9 Å². The fourth-order valence-corrected chi connectivity index (χ4v) is 1.63. The van der Waals surface area contributed by atoms with Crippen molar-refractivity contribution in [3.05, 3.63) is 5.69 Å². The van der Waals surface area contributed by atoms with Gasteiger partial charge in [0.15, 0.2) is 0 Å². The first-order valence-corrected chi connectivity index (χ1v) is 6.00. The average molecular weight is 269 g/mol. The van der Waals surface area contributed by atoms with Gasteiger partial charge >= 0.3 is 6.18 Å². The Labute approximate surface area is 101 Å². The summed E-state index contributed by atoms with van der Waals surface area (Å²) in [7, 11) is 0. The van der Waals surface area contributed by atoms with Gasteiger partial charge in [0, 0.05) is 18.1 Å². The van der Waals surface area contributed by atoms with E-state index in [1.807, 2.05) is 6.92 Å². The SMILES string of the molecule is CCCNc1snnc1COCCC(F)(F)F. The highest BCUT2D eigenvalue weighted by atomic mass is 32.1. The van der Waals surface area contributed by atoms with Gasteiger partial charge in [-0.15, -0.1) is 5.10 Å². The summed E-state index contributed by atoms with van der Waals surface area (Å²) in [6.07, 6.45) is -4.17. The molecule has 0 unspecified atom stereocenters. The second-order valence-electron chi connectivity index (χ2n) is 3.39. The van der Waals surface area contributed by atoms with E-state index in [0.717, 1.165) is 18.0 Å². The molecule has 0 aliphatic carbocycles. The first-order chi connectivity index (χ1) is 8.03. The predicted octanol–water partition coefficient (Wildman–Crippen LogP) is 2.83. The molecule has 0 aromatic carbocycles. The van der Waals surface area contributed by atoms with Crippen molar-refractivity contribution in [2.24, 2.45) is 0 Å². The smallest absolute Gasteiger partial charge is 0.375 e. The first kappa shape index (κ1) is 14.2. The molecule has 1 aromatic heterocycles. The summed E-state index contributed by atoms with van der Waals surface area (Å²) in [5.74, 6) is 0. The van der Waals surface area contributed by atoms with Crippen LogP contribution in [0.15, 0.2) is 0 Å². The van der Waals surface area contributed by atoms with E-state index in [1.165, 1.54) is 11.5 Å². The summed E-state index contributed by atoms with van der Waals surface area (Å²) >= 11 is 1.18. The minimum absolute atomic E-state index is 0.0542. The highest BCUT2D eigenvalue weighted by molar-refractivity contribution is 7.10. The summed E-state index contributed by atoms with van der Waals surface area (Å²) in [6.45, 7) is 2.49. The van der Waals surface area contributed by atoms with Crippen molar-refractivity contribution < 1.29 is 17.9 Å². The van der Waals surface area contributed by atoms with Crippen LogP contribution in [0.25, 0.3) is 0 Å². The fourth-order valence-electron chi connectivity index (χ4n) is 1.03. The predicted molar refractivity (Wildman–Crippen MR) is 59.0 cm³/mol. The standard InChI is InChI=1S/C9H14F3N3OS/c1-2-4-13-8-7(14-15-17-8)6-16-5-3-9(10,11)12/h13H,2-6H2,1H3. The Bertz CT molecular complexity index is 330. The van der Waals surface area contributed by atoms with Gasteiger partial charge in [-0.25, -0.2) is 0 Å². The zero-order valence-corrected chi connectivity index (χ0v) is 10.2. The molecule has 0 fully saturated rings. The molecule has 0 bridgehead atoms. The molecule has 0 amide bonds. The average Bonchev–Trinajstić information content (AvgIpc) is 2.67. The Morgan fingerprint density at radius 3 is 2.82 bits per heavy atom. The van der Waals surface area contributed by atoms with Crippen LogP contribution in [0.1, 0.15) is 25.5 Å². The maximum atomic E-state index is 11.8. The molecule has 0 radical (unpaired) electrons. The van der Waals surface area contributed by atoms with E-state index in [4.69, 9.17) is 4.74 Å². The Morgan fingerprint density at radius 2 is 2.18 bits per heavy atom. The lowest BCUT2D eigenvalue weighted by Gasteiger charge is -2.07. The number of hydrogen-bond donors (Lipinski definition) is 1. The molecule has 0 aliphatic heterocycles. The van der Waals surface area contributed by atoms with E-state index in [1.54, 1.807) is 0 Å². The molecule has 1 heterocycles. The summed E-state index contributed by atoms with van der Waals surface area (Å²) in [6, 6.07) is 0. The Balaban J connectivity index is 2.29. The van der Waals surface area contributed by atoms with Crippen molar-refractivity contribution in [2.45, 2.75) is 32.5 Å². The number of nitrogens with one attached hydrogen (secondary N) is 1. The van der Waals surface area contributed by atoms with Gasteiger partial charge in [0.1, 0.15) is 10.7 Å². The third-order valence-electron chi connectivity index (χ3n) is 1.86. The van der Waals surface area contributed by atoms with Crippen LogP contribution in [0.2, 0.25) is 0 Å². The Morgan fingerprint density at radius 1 is 1.41 bits per heavy atom. The third-order valence-corrected chi connectivity index (χ3v) is 2.59. The summed E-state index contributed by atoms with van der Waals surface area (Å²) in [5.41, 5.74) is 0.561. The van der Waals surface area contributed by atoms with Crippen LogP contribution in [0, 0.1) is 0 Å². The molecule has 0 atom stereocenters. The molecule has 0 aliphatic rings. The van der Waals surface area contributed by atoms with Gasteiger partial charge in [-0.2, -0.15) is 13.2 Å². The van der Waals surface area contributed by atoms with Crippen molar-refractivity contribution in [3.63, 3.8) is 0 Å². The van der Waals surface area contributed by atoms with Crippen LogP contribution in [0.5, 0.6) is 0 Å². The number of ether oxygens (including phenoxy) is 1. The second kappa shape index (κ2) is 6.75. The number of rotatable bonds is 7. The number of alkyl halides is 3.